The summed E-state index contributed by atoms with van der Waals surface area (Å²) in [5, 5.41) is 23.0. The van der Waals surface area contributed by atoms with E-state index in [4.69, 9.17) is 14.6 Å². The molecule has 0 heterocycles. The van der Waals surface area contributed by atoms with E-state index in [1.54, 1.807) is 54.6 Å². The molecule has 0 saturated heterocycles. The number of fused-ring (bicyclic) bond motifs is 1. The van der Waals surface area contributed by atoms with Crippen LogP contribution >= 0.6 is 0 Å². The molecule has 2 atom stereocenters. The molecule has 0 fully saturated rings. The smallest absolute Gasteiger partial charge is 0.412 e. The van der Waals surface area contributed by atoms with Gasteiger partial charge in [-0.15, -0.1) is 0 Å². The standard InChI is InChI=1S/C25H23NO7/c1-15(27)16-7-9-17(10-8-16)26-25(31)33-24(22(32-2)13-14-23(29)30)20-11-12-21(28)19-6-4-3-5-18(19)20/h3-14,22,24,28H,1-2H3,(H,26,31)(H,29,30)/b14-13+/t22-,24-/m1/s1. The molecule has 0 radical (unpaired) electrons. The van der Waals surface area contributed by atoms with Gasteiger partial charge in [-0.1, -0.05) is 30.3 Å². The third-order valence-electron chi connectivity index (χ3n) is 5.01. The number of phenols is 1. The van der Waals surface area contributed by atoms with Crippen molar-refractivity contribution in [1.29, 1.82) is 0 Å². The van der Waals surface area contributed by atoms with E-state index in [0.717, 1.165) is 6.08 Å². The minimum atomic E-state index is -1.18. The number of carbonyl (C=O) groups is 3. The number of carboxylic acid groups (broad SMARTS) is 1. The fourth-order valence-corrected chi connectivity index (χ4v) is 3.39. The number of aromatic hydroxyl groups is 1. The van der Waals surface area contributed by atoms with Gasteiger partial charge in [0.05, 0.1) is 0 Å². The summed E-state index contributed by atoms with van der Waals surface area (Å²) in [7, 11) is 1.37. The molecule has 8 nitrogen and oxygen atoms in total. The Morgan fingerprint density at radius 1 is 0.970 bits per heavy atom. The second kappa shape index (κ2) is 10.4. The molecule has 1 amide bonds. The predicted molar refractivity (Wildman–Crippen MR) is 122 cm³/mol. The first-order valence-corrected chi connectivity index (χ1v) is 10.0. The van der Waals surface area contributed by atoms with Crippen molar-refractivity contribution in [3.05, 3.63) is 83.9 Å². The van der Waals surface area contributed by atoms with Crippen LogP contribution in [0.4, 0.5) is 10.5 Å². The average molecular weight is 449 g/mol. The number of hydrogen-bond acceptors (Lipinski definition) is 6. The minimum Gasteiger partial charge on any atom is -0.507 e. The third kappa shape index (κ3) is 5.75. The van der Waals surface area contributed by atoms with Crippen molar-refractivity contribution in [2.24, 2.45) is 0 Å². The van der Waals surface area contributed by atoms with Crippen molar-refractivity contribution in [3.8, 4) is 5.75 Å². The fourth-order valence-electron chi connectivity index (χ4n) is 3.39. The Labute approximate surface area is 190 Å². The van der Waals surface area contributed by atoms with Gasteiger partial charge >= 0.3 is 12.1 Å². The van der Waals surface area contributed by atoms with Gasteiger partial charge < -0.3 is 19.7 Å². The summed E-state index contributed by atoms with van der Waals surface area (Å²) in [5.74, 6) is -1.23. The summed E-state index contributed by atoms with van der Waals surface area (Å²) in [5.41, 5.74) is 1.43. The summed E-state index contributed by atoms with van der Waals surface area (Å²) < 4.78 is 11.1. The molecule has 0 aliphatic rings. The first kappa shape index (κ1) is 23.5. The van der Waals surface area contributed by atoms with Crippen LogP contribution in [-0.2, 0) is 14.3 Å². The Kier molecular flexibility index (Phi) is 7.42. The van der Waals surface area contributed by atoms with E-state index < -0.39 is 24.3 Å². The zero-order valence-electron chi connectivity index (χ0n) is 18.0. The van der Waals surface area contributed by atoms with Gasteiger partial charge in [0.1, 0.15) is 11.9 Å². The summed E-state index contributed by atoms with van der Waals surface area (Å²) in [6.07, 6.45) is -0.583. The van der Waals surface area contributed by atoms with Gasteiger partial charge in [0.15, 0.2) is 11.9 Å². The van der Waals surface area contributed by atoms with Gasteiger partial charge in [0, 0.05) is 35.4 Å². The number of nitrogens with one attached hydrogen (secondary N) is 1. The second-order valence-electron chi connectivity index (χ2n) is 7.20. The van der Waals surface area contributed by atoms with E-state index in [-0.39, 0.29) is 11.5 Å². The molecule has 3 N–H and O–H groups in total. The van der Waals surface area contributed by atoms with Crippen LogP contribution in [0.1, 0.15) is 28.9 Å². The van der Waals surface area contributed by atoms with E-state index in [1.165, 1.54) is 26.2 Å². The van der Waals surface area contributed by atoms with E-state index in [9.17, 15) is 19.5 Å². The Morgan fingerprint density at radius 2 is 1.64 bits per heavy atom. The van der Waals surface area contributed by atoms with Crippen molar-refractivity contribution in [2.75, 3.05) is 12.4 Å². The lowest BCUT2D eigenvalue weighted by molar-refractivity contribution is -0.131. The second-order valence-corrected chi connectivity index (χ2v) is 7.20. The highest BCUT2D eigenvalue weighted by molar-refractivity contribution is 5.95. The molecule has 0 spiro atoms. The molecular weight excluding hydrogens is 426 g/mol. The monoisotopic (exact) mass is 449 g/mol. The van der Waals surface area contributed by atoms with Crippen LogP contribution in [0.5, 0.6) is 5.75 Å². The number of phenolic OH excluding ortho intramolecular Hbond substituents is 1. The molecule has 8 heteroatoms. The van der Waals surface area contributed by atoms with Crippen LogP contribution in [-0.4, -0.2) is 41.3 Å². The number of benzene rings is 3. The molecule has 0 saturated carbocycles. The Balaban J connectivity index is 1.95. The number of aliphatic carboxylic acids is 1. The van der Waals surface area contributed by atoms with Crippen molar-refractivity contribution in [2.45, 2.75) is 19.1 Å². The highest BCUT2D eigenvalue weighted by Crippen LogP contribution is 2.35. The van der Waals surface area contributed by atoms with Gasteiger partial charge in [0.25, 0.3) is 0 Å². The molecule has 170 valence electrons. The van der Waals surface area contributed by atoms with Gasteiger partial charge in [-0.3, -0.25) is 10.1 Å². The quantitative estimate of drug-likeness (QED) is 0.337. The van der Waals surface area contributed by atoms with Crippen LogP contribution in [0.2, 0.25) is 0 Å². The zero-order valence-corrected chi connectivity index (χ0v) is 18.0. The molecule has 0 unspecified atom stereocenters. The molecule has 0 aromatic heterocycles. The number of ketones is 1. The van der Waals surface area contributed by atoms with Crippen LogP contribution < -0.4 is 5.32 Å². The van der Waals surface area contributed by atoms with Crippen LogP contribution in [0, 0.1) is 0 Å². The lowest BCUT2D eigenvalue weighted by Gasteiger charge is -2.25. The number of Topliss-reactive ketones (excluding diaryl/α,β-unsaturated/α-hetero) is 1. The summed E-state index contributed by atoms with van der Waals surface area (Å²) in [4.78, 5) is 35.2. The summed E-state index contributed by atoms with van der Waals surface area (Å²) >= 11 is 0. The van der Waals surface area contributed by atoms with Crippen molar-refractivity contribution in [1.82, 2.24) is 0 Å². The van der Waals surface area contributed by atoms with Crippen LogP contribution in [0.25, 0.3) is 10.8 Å². The lowest BCUT2D eigenvalue weighted by atomic mass is 9.96. The van der Waals surface area contributed by atoms with Gasteiger partial charge in [-0.25, -0.2) is 9.59 Å². The zero-order chi connectivity index (χ0) is 24.0. The molecule has 33 heavy (non-hydrogen) atoms. The maximum atomic E-state index is 12.7. The third-order valence-corrected chi connectivity index (χ3v) is 5.01. The maximum Gasteiger partial charge on any atom is 0.412 e. The van der Waals surface area contributed by atoms with Crippen molar-refractivity contribution in [3.63, 3.8) is 0 Å². The van der Waals surface area contributed by atoms with E-state index >= 15 is 0 Å². The number of ether oxygens (including phenoxy) is 2. The highest BCUT2D eigenvalue weighted by Gasteiger charge is 2.28. The highest BCUT2D eigenvalue weighted by atomic mass is 16.6. The van der Waals surface area contributed by atoms with E-state index in [0.29, 0.717) is 27.6 Å². The van der Waals surface area contributed by atoms with Gasteiger partial charge in [-0.05, 0) is 48.7 Å². The molecule has 3 aromatic carbocycles. The fraction of sp³-hybridized carbons (Fsp3) is 0.160. The first-order chi connectivity index (χ1) is 15.8. The summed E-state index contributed by atoms with van der Waals surface area (Å²) in [6, 6.07) is 16.4. The molecule has 3 rings (SSSR count). The molecule has 0 aliphatic carbocycles. The van der Waals surface area contributed by atoms with Gasteiger partial charge in [0.2, 0.25) is 0 Å². The number of rotatable bonds is 8. The summed E-state index contributed by atoms with van der Waals surface area (Å²) in [6.45, 7) is 1.44. The van der Waals surface area contributed by atoms with Gasteiger partial charge in [-0.2, -0.15) is 0 Å². The minimum absolute atomic E-state index is 0.0538. The number of carboxylic acids is 1. The number of amides is 1. The van der Waals surface area contributed by atoms with E-state index in [2.05, 4.69) is 5.32 Å². The Morgan fingerprint density at radius 3 is 2.24 bits per heavy atom. The first-order valence-electron chi connectivity index (χ1n) is 10.0. The van der Waals surface area contributed by atoms with Crippen LogP contribution in [0.3, 0.4) is 0 Å². The van der Waals surface area contributed by atoms with Crippen molar-refractivity contribution < 1.29 is 34.1 Å². The average Bonchev–Trinajstić information content (AvgIpc) is 2.79. The topological polar surface area (TPSA) is 122 Å². The molecule has 0 bridgehead atoms. The Bertz CT molecular complexity index is 1200. The van der Waals surface area contributed by atoms with Crippen molar-refractivity contribution >= 4 is 34.3 Å². The molecule has 0 aliphatic heterocycles. The number of anilines is 1. The SMILES string of the molecule is CO[C@H](/C=C/C(=O)O)[C@H](OC(=O)Nc1ccc(C(C)=O)cc1)c1ccc(O)c2ccccc12. The van der Waals surface area contributed by atoms with E-state index in [1.807, 2.05) is 0 Å². The normalized spacial score (nSPS) is 12.9. The predicted octanol–water partition coefficient (Wildman–Crippen LogP) is 4.69. The number of carbonyl (C=O) groups excluding carboxylic acids is 2. The number of methoxy groups -OCH3 is 1. The largest absolute Gasteiger partial charge is 0.507 e. The Hall–Kier alpha value is -4.17. The lowest BCUT2D eigenvalue weighted by Crippen LogP contribution is -2.27. The maximum absolute atomic E-state index is 12.7. The molecule has 3 aromatic rings. The number of hydrogen-bond donors (Lipinski definition) is 3. The van der Waals surface area contributed by atoms with Crippen LogP contribution in [0.15, 0.2) is 72.8 Å². The molecular formula is C25H23NO7.